The van der Waals surface area contributed by atoms with Crippen molar-refractivity contribution < 1.29 is 4.79 Å². The van der Waals surface area contributed by atoms with Gasteiger partial charge in [0.05, 0.1) is 0 Å². The highest BCUT2D eigenvalue weighted by molar-refractivity contribution is 5.75. The molecule has 1 amide bonds. The second kappa shape index (κ2) is 9.30. The van der Waals surface area contributed by atoms with Crippen LogP contribution in [0.1, 0.15) is 45.4 Å². The van der Waals surface area contributed by atoms with E-state index < -0.39 is 0 Å². The third-order valence-corrected chi connectivity index (χ3v) is 1.90. The zero-order chi connectivity index (χ0) is 9.94. The molecule has 2 heteroatoms. The summed E-state index contributed by atoms with van der Waals surface area (Å²) in [5.41, 5.74) is 0. The predicted molar refractivity (Wildman–Crippen MR) is 56.6 cm³/mol. The molecule has 0 aromatic rings. The average molecular weight is 183 g/mol. The summed E-state index contributed by atoms with van der Waals surface area (Å²) in [6.45, 7) is 6.58. The van der Waals surface area contributed by atoms with Crippen LogP contribution in [-0.4, -0.2) is 12.5 Å². The molecule has 1 N–H and O–H groups in total. The highest BCUT2D eigenvalue weighted by Crippen LogP contribution is 2.02. The van der Waals surface area contributed by atoms with E-state index in [0.717, 1.165) is 32.2 Å². The average Bonchev–Trinajstić information content (AvgIpc) is 2.35. The van der Waals surface area contributed by atoms with E-state index in [1.165, 1.54) is 12.8 Å². The van der Waals surface area contributed by atoms with Gasteiger partial charge >= 0.3 is 0 Å². The second-order valence-electron chi connectivity index (χ2n) is 3.24. The number of amides is 1. The molecule has 2 nitrogen and oxygen atoms in total. The quantitative estimate of drug-likeness (QED) is 0.655. The van der Waals surface area contributed by atoms with E-state index in [0.29, 0.717) is 0 Å². The molecule has 76 valence electrons. The molecule has 1 rings (SSSR count). The number of nitrogens with one attached hydrogen (secondary N) is 1. The Kier molecular flexibility index (Phi) is 8.73. The van der Waals surface area contributed by atoms with Crippen LogP contribution in [0.2, 0.25) is 0 Å². The number of hydrogen-bond donors (Lipinski definition) is 1. The normalized spacial score (nSPS) is 16.2. The van der Waals surface area contributed by atoms with Gasteiger partial charge in [-0.1, -0.05) is 25.8 Å². The van der Waals surface area contributed by atoms with Gasteiger partial charge in [-0.25, -0.2) is 0 Å². The SMILES string of the molecule is C=CCCC.O=C1CCCCCN1. The molecule has 1 aliphatic rings. The molecule has 0 aromatic heterocycles. The molecule has 0 bridgehead atoms. The van der Waals surface area contributed by atoms with Crippen molar-refractivity contribution in [3.63, 3.8) is 0 Å². The van der Waals surface area contributed by atoms with E-state index in [1.54, 1.807) is 0 Å². The third-order valence-electron chi connectivity index (χ3n) is 1.90. The molecule has 0 aliphatic carbocycles. The molecule has 0 aromatic carbocycles. The summed E-state index contributed by atoms with van der Waals surface area (Å²) >= 11 is 0. The van der Waals surface area contributed by atoms with Crippen LogP contribution >= 0.6 is 0 Å². The van der Waals surface area contributed by atoms with Gasteiger partial charge in [-0.3, -0.25) is 4.79 Å². The summed E-state index contributed by atoms with van der Waals surface area (Å²) in [7, 11) is 0. The minimum Gasteiger partial charge on any atom is -0.356 e. The number of allylic oxidation sites excluding steroid dienone is 1. The first kappa shape index (κ1) is 12.2. The van der Waals surface area contributed by atoms with Crippen molar-refractivity contribution in [2.24, 2.45) is 0 Å². The number of unbranched alkanes of at least 4 members (excludes halogenated alkanes) is 1. The van der Waals surface area contributed by atoms with Gasteiger partial charge in [-0.05, 0) is 19.3 Å². The molecular formula is C11H21NO. The molecule has 1 heterocycles. The van der Waals surface area contributed by atoms with E-state index >= 15 is 0 Å². The summed E-state index contributed by atoms with van der Waals surface area (Å²) in [5.74, 6) is 0.225. The molecule has 13 heavy (non-hydrogen) atoms. The monoisotopic (exact) mass is 183 g/mol. The fourth-order valence-electron chi connectivity index (χ4n) is 1.11. The first-order valence-electron chi connectivity index (χ1n) is 5.18. The van der Waals surface area contributed by atoms with Gasteiger partial charge in [0, 0.05) is 13.0 Å². The van der Waals surface area contributed by atoms with Crippen molar-refractivity contribution in [1.82, 2.24) is 5.32 Å². The predicted octanol–water partition coefficient (Wildman–Crippen LogP) is 2.65. The van der Waals surface area contributed by atoms with E-state index in [1.807, 2.05) is 6.08 Å². The second-order valence-corrected chi connectivity index (χ2v) is 3.24. The van der Waals surface area contributed by atoms with Crippen LogP contribution in [0.3, 0.4) is 0 Å². The molecule has 0 atom stereocenters. The number of rotatable bonds is 2. The van der Waals surface area contributed by atoms with Crippen LogP contribution in [-0.2, 0) is 4.79 Å². The van der Waals surface area contributed by atoms with E-state index in [9.17, 15) is 4.79 Å². The van der Waals surface area contributed by atoms with Crippen molar-refractivity contribution >= 4 is 5.91 Å². The van der Waals surface area contributed by atoms with Crippen LogP contribution < -0.4 is 5.32 Å². The molecule has 0 spiro atoms. The maximum atomic E-state index is 10.6. The fraction of sp³-hybridized carbons (Fsp3) is 0.727. The summed E-state index contributed by atoms with van der Waals surface area (Å²) in [5, 5.41) is 2.81. The van der Waals surface area contributed by atoms with Crippen molar-refractivity contribution in [3.8, 4) is 0 Å². The summed E-state index contributed by atoms with van der Waals surface area (Å²) < 4.78 is 0. The van der Waals surface area contributed by atoms with Crippen LogP contribution in [0.4, 0.5) is 0 Å². The lowest BCUT2D eigenvalue weighted by atomic mass is 10.2. The smallest absolute Gasteiger partial charge is 0.219 e. The maximum Gasteiger partial charge on any atom is 0.219 e. The van der Waals surface area contributed by atoms with Gasteiger partial charge in [-0.15, -0.1) is 6.58 Å². The van der Waals surface area contributed by atoms with E-state index in [4.69, 9.17) is 0 Å². The minimum atomic E-state index is 0.225. The standard InChI is InChI=1S/C6H11NO.C5H10/c8-6-4-2-1-3-5-7-6;1-3-5-4-2/h1-5H2,(H,7,8);3H,1,4-5H2,2H3. The Morgan fingerprint density at radius 1 is 1.46 bits per heavy atom. The maximum absolute atomic E-state index is 10.6. The van der Waals surface area contributed by atoms with Gasteiger partial charge in [0.1, 0.15) is 0 Å². The summed E-state index contributed by atoms with van der Waals surface area (Å²) in [4.78, 5) is 10.6. The summed E-state index contributed by atoms with van der Waals surface area (Å²) in [6, 6.07) is 0. The third kappa shape index (κ3) is 9.12. The topological polar surface area (TPSA) is 29.1 Å². The van der Waals surface area contributed by atoms with Crippen LogP contribution in [0.25, 0.3) is 0 Å². The van der Waals surface area contributed by atoms with E-state index in [-0.39, 0.29) is 5.91 Å². The van der Waals surface area contributed by atoms with Crippen molar-refractivity contribution in [2.45, 2.75) is 45.4 Å². The Balaban J connectivity index is 0.000000252. The lowest BCUT2D eigenvalue weighted by Gasteiger charge is -1.93. The summed E-state index contributed by atoms with van der Waals surface area (Å²) in [6.07, 6.45) is 8.49. The first-order valence-corrected chi connectivity index (χ1v) is 5.18. The van der Waals surface area contributed by atoms with Crippen molar-refractivity contribution in [1.29, 1.82) is 0 Å². The van der Waals surface area contributed by atoms with Crippen molar-refractivity contribution in [3.05, 3.63) is 12.7 Å². The van der Waals surface area contributed by atoms with Gasteiger partial charge < -0.3 is 5.32 Å². The molecule has 0 unspecified atom stereocenters. The zero-order valence-corrected chi connectivity index (χ0v) is 8.64. The van der Waals surface area contributed by atoms with Crippen LogP contribution in [0.5, 0.6) is 0 Å². The van der Waals surface area contributed by atoms with Crippen LogP contribution in [0.15, 0.2) is 12.7 Å². The Morgan fingerprint density at radius 2 is 2.23 bits per heavy atom. The number of hydrogen-bond acceptors (Lipinski definition) is 1. The molecule has 1 saturated heterocycles. The Labute approximate surface area is 81.4 Å². The Bertz CT molecular complexity index is 133. The minimum absolute atomic E-state index is 0.225. The van der Waals surface area contributed by atoms with Crippen molar-refractivity contribution in [2.75, 3.05) is 6.54 Å². The zero-order valence-electron chi connectivity index (χ0n) is 8.64. The van der Waals surface area contributed by atoms with Gasteiger partial charge in [0.25, 0.3) is 0 Å². The Morgan fingerprint density at radius 3 is 2.77 bits per heavy atom. The largest absolute Gasteiger partial charge is 0.356 e. The van der Waals surface area contributed by atoms with Gasteiger partial charge in [0.15, 0.2) is 0 Å². The Hall–Kier alpha value is -0.790. The molecule has 0 saturated carbocycles. The molecule has 0 radical (unpaired) electrons. The number of carbonyl (C=O) groups is 1. The first-order chi connectivity index (χ1) is 6.31. The van der Waals surface area contributed by atoms with Gasteiger partial charge in [0.2, 0.25) is 5.91 Å². The lowest BCUT2D eigenvalue weighted by Crippen LogP contribution is -2.21. The number of carbonyl (C=O) groups excluding carboxylic acids is 1. The fourth-order valence-corrected chi connectivity index (χ4v) is 1.11. The van der Waals surface area contributed by atoms with Crippen LogP contribution in [0, 0.1) is 0 Å². The van der Waals surface area contributed by atoms with Gasteiger partial charge in [-0.2, -0.15) is 0 Å². The molecular weight excluding hydrogens is 162 g/mol. The highest BCUT2D eigenvalue weighted by Gasteiger charge is 2.03. The molecule has 1 fully saturated rings. The molecule has 1 aliphatic heterocycles. The highest BCUT2D eigenvalue weighted by atomic mass is 16.1. The lowest BCUT2D eigenvalue weighted by molar-refractivity contribution is -0.120. The van der Waals surface area contributed by atoms with E-state index in [2.05, 4.69) is 18.8 Å².